The summed E-state index contributed by atoms with van der Waals surface area (Å²) in [6.45, 7) is 7.20. The number of halogens is 4. The number of nitrogens with zero attached hydrogens (tertiary/aromatic N) is 4. The second-order valence-electron chi connectivity index (χ2n) is 8.89. The third-order valence-corrected chi connectivity index (χ3v) is 7.26. The first kappa shape index (κ1) is 26.2. The molecule has 0 unspecified atom stereocenters. The average molecular weight is 590 g/mol. The Balaban J connectivity index is 0.00000306. The van der Waals surface area contributed by atoms with Crippen molar-refractivity contribution in [2.45, 2.75) is 39.4 Å². The van der Waals surface area contributed by atoms with Gasteiger partial charge in [0, 0.05) is 44.0 Å². The van der Waals surface area contributed by atoms with Crippen LogP contribution in [0.25, 0.3) is 20.8 Å². The summed E-state index contributed by atoms with van der Waals surface area (Å²) in [7, 11) is 4.08. The summed E-state index contributed by atoms with van der Waals surface area (Å²) in [5.74, 6) is 0.351. The van der Waals surface area contributed by atoms with Gasteiger partial charge < -0.3 is 28.9 Å². The molecule has 1 aliphatic carbocycles. The minimum atomic E-state index is -4.26. The predicted octanol–water partition coefficient (Wildman–Crippen LogP) is 1.76. The zero-order valence-corrected chi connectivity index (χ0v) is 22.6. The number of aryl methyl sites for hydroxylation is 1. The van der Waals surface area contributed by atoms with Crippen molar-refractivity contribution in [1.29, 1.82) is 0 Å². The molecule has 1 aromatic carbocycles. The van der Waals surface area contributed by atoms with Crippen LogP contribution in [0.3, 0.4) is 0 Å². The Morgan fingerprint density at radius 1 is 1.06 bits per heavy atom. The van der Waals surface area contributed by atoms with Crippen LogP contribution in [-0.2, 0) is 6.42 Å². The number of fused-ring (bicyclic) bond motifs is 2. The van der Waals surface area contributed by atoms with Crippen molar-refractivity contribution in [3.8, 4) is 10.6 Å². The van der Waals surface area contributed by atoms with Gasteiger partial charge in [0.15, 0.2) is 0 Å². The van der Waals surface area contributed by atoms with Gasteiger partial charge in [0.1, 0.15) is 14.1 Å². The lowest BCUT2D eigenvalue weighted by Crippen LogP contribution is -3.00. The van der Waals surface area contributed by atoms with Crippen LogP contribution >= 0.6 is 11.3 Å². The highest BCUT2D eigenvalue weighted by atomic mass is 127. The molecule has 0 bridgehead atoms. The van der Waals surface area contributed by atoms with E-state index >= 15 is 0 Å². The van der Waals surface area contributed by atoms with Crippen molar-refractivity contribution >= 4 is 27.2 Å². The number of aromatic nitrogens is 1. The first-order valence-electron chi connectivity index (χ1n) is 11.1. The monoisotopic (exact) mass is 590 g/mol. The highest BCUT2D eigenvalue weighted by molar-refractivity contribution is 7.21. The Morgan fingerprint density at radius 2 is 1.73 bits per heavy atom. The van der Waals surface area contributed by atoms with Crippen LogP contribution in [0.15, 0.2) is 24.3 Å². The molecule has 0 amide bonds. The Morgan fingerprint density at radius 3 is 2.27 bits per heavy atom. The van der Waals surface area contributed by atoms with Crippen LogP contribution in [0.4, 0.5) is 18.9 Å². The molecule has 2 heterocycles. The van der Waals surface area contributed by atoms with E-state index in [0.717, 1.165) is 43.8 Å². The van der Waals surface area contributed by atoms with E-state index in [0.29, 0.717) is 23.9 Å². The molecule has 0 atom stereocenters. The van der Waals surface area contributed by atoms with Gasteiger partial charge in [-0.1, -0.05) is 20.8 Å². The minimum Gasteiger partial charge on any atom is -1.00 e. The number of hydrogen-bond donors (Lipinski definition) is 0. The molecule has 33 heavy (non-hydrogen) atoms. The first-order valence-corrected chi connectivity index (χ1v) is 11.9. The third kappa shape index (κ3) is 5.30. The lowest BCUT2D eigenvalue weighted by molar-refractivity contribution is -0.246. The summed E-state index contributed by atoms with van der Waals surface area (Å²) in [5.41, 5.74) is 5.41. The Bertz CT molecular complexity index is 1180. The van der Waals surface area contributed by atoms with Crippen LogP contribution in [0.5, 0.6) is 0 Å². The minimum absolute atomic E-state index is 0. The molecular formula is C24H30F3IN4S. The largest absolute Gasteiger partial charge is 1.00 e. The van der Waals surface area contributed by atoms with Gasteiger partial charge in [0.05, 0.1) is 20.8 Å². The van der Waals surface area contributed by atoms with E-state index in [1.54, 1.807) is 11.3 Å². The molecule has 2 aliphatic heterocycles. The molecule has 0 spiro atoms. The normalized spacial score (nSPS) is 15.4. The highest BCUT2D eigenvalue weighted by Gasteiger charge is 2.38. The van der Waals surface area contributed by atoms with Crippen LogP contribution in [-0.4, -0.2) is 56.5 Å². The Kier molecular flexibility index (Phi) is 7.95. The summed E-state index contributed by atoms with van der Waals surface area (Å²) in [6.07, 6.45) is -3.43. The zero-order valence-electron chi connectivity index (χ0n) is 19.6. The fraction of sp³-hybridized carbons (Fsp3) is 0.500. The van der Waals surface area contributed by atoms with E-state index in [9.17, 15) is 13.2 Å². The van der Waals surface area contributed by atoms with Crippen molar-refractivity contribution in [3.63, 3.8) is 0 Å². The molecule has 1 fully saturated rings. The summed E-state index contributed by atoms with van der Waals surface area (Å²) in [5, 5.41) is 1.15. The lowest BCUT2D eigenvalue weighted by Gasteiger charge is -2.37. The number of hydrogen-bond acceptors (Lipinski definition) is 4. The van der Waals surface area contributed by atoms with E-state index < -0.39 is 6.30 Å². The summed E-state index contributed by atoms with van der Waals surface area (Å²) >= 11 is 1.72. The van der Waals surface area contributed by atoms with Gasteiger partial charge in [-0.3, -0.25) is 0 Å². The molecule has 3 aliphatic rings. The van der Waals surface area contributed by atoms with Crippen molar-refractivity contribution in [3.05, 3.63) is 40.7 Å². The summed E-state index contributed by atoms with van der Waals surface area (Å²) in [6, 6.07) is 8.62. The van der Waals surface area contributed by atoms with Gasteiger partial charge in [0.2, 0.25) is 5.36 Å². The SMILES string of the molecule is CCc1cc(N2CCN(C(F)(F)F)CC2)cc2sc3cc(=[N+](C)C)cc(C(C)C)c-3nc12.[I-]. The van der Waals surface area contributed by atoms with Crippen LogP contribution in [0.1, 0.15) is 37.8 Å². The summed E-state index contributed by atoms with van der Waals surface area (Å²) in [4.78, 5) is 8.91. The third-order valence-electron chi connectivity index (χ3n) is 6.19. The molecule has 0 N–H and O–H groups in total. The number of anilines is 1. The van der Waals surface area contributed by atoms with Crippen molar-refractivity contribution < 1.29 is 37.1 Å². The van der Waals surface area contributed by atoms with Crippen molar-refractivity contribution in [2.24, 2.45) is 0 Å². The quantitative estimate of drug-likeness (QED) is 0.201. The fourth-order valence-corrected chi connectivity index (χ4v) is 5.39. The highest BCUT2D eigenvalue weighted by Crippen LogP contribution is 2.38. The molecular weight excluding hydrogens is 560 g/mol. The molecule has 0 radical (unpaired) electrons. The van der Waals surface area contributed by atoms with E-state index in [1.165, 1.54) is 5.56 Å². The number of alkyl halides is 3. The molecule has 0 aromatic heterocycles. The number of rotatable bonds is 3. The topological polar surface area (TPSA) is 22.4 Å². The molecule has 9 heteroatoms. The average Bonchev–Trinajstić information content (AvgIpc) is 2.75. The van der Waals surface area contributed by atoms with Crippen molar-refractivity contribution in [1.82, 2.24) is 14.5 Å². The molecule has 4 rings (SSSR count). The first-order chi connectivity index (χ1) is 15.1. The van der Waals surface area contributed by atoms with Gasteiger partial charge in [-0.15, -0.1) is 11.3 Å². The van der Waals surface area contributed by atoms with E-state index in [-0.39, 0.29) is 37.1 Å². The number of benzene rings is 2. The van der Waals surface area contributed by atoms with Crippen LogP contribution in [0.2, 0.25) is 0 Å². The van der Waals surface area contributed by atoms with Gasteiger partial charge in [-0.2, -0.15) is 13.2 Å². The second-order valence-corrected chi connectivity index (χ2v) is 9.98. The van der Waals surface area contributed by atoms with Crippen LogP contribution in [0, 0.1) is 0 Å². The molecule has 180 valence electrons. The van der Waals surface area contributed by atoms with Gasteiger partial charge in [0.25, 0.3) is 0 Å². The van der Waals surface area contributed by atoms with E-state index in [2.05, 4.69) is 54.5 Å². The zero-order chi connectivity index (χ0) is 23.2. The van der Waals surface area contributed by atoms with E-state index in [4.69, 9.17) is 4.98 Å². The van der Waals surface area contributed by atoms with Crippen molar-refractivity contribution in [2.75, 3.05) is 45.2 Å². The standard InChI is InChI=1S/C24H30F3N4S.HI/c1-6-16-11-18(30-7-9-31(10-8-30)24(25,26)27)14-20-22(16)28-23-19(15(2)3)12-17(29(4)5)13-21(23)32-20;/h11-15H,6-10H2,1-5H3;1H/q+1;/p-1. The molecule has 1 aromatic rings. The molecule has 4 nitrogen and oxygen atoms in total. The smallest absolute Gasteiger partial charge is 0.460 e. The molecule has 1 saturated heterocycles. The van der Waals surface area contributed by atoms with Crippen LogP contribution < -0.4 is 38.8 Å². The fourth-order valence-electron chi connectivity index (χ4n) is 4.26. The lowest BCUT2D eigenvalue weighted by atomic mass is 9.98. The van der Waals surface area contributed by atoms with Gasteiger partial charge in [-0.05, 0) is 35.6 Å². The maximum Gasteiger partial charge on any atom is 0.460 e. The molecule has 0 saturated carbocycles. The van der Waals surface area contributed by atoms with Gasteiger partial charge in [-0.25, -0.2) is 14.5 Å². The Hall–Kier alpha value is -1.46. The summed E-state index contributed by atoms with van der Waals surface area (Å²) < 4.78 is 42.3. The second kappa shape index (κ2) is 10.0. The predicted molar refractivity (Wildman–Crippen MR) is 127 cm³/mol. The Labute approximate surface area is 214 Å². The maximum atomic E-state index is 13.0. The maximum absolute atomic E-state index is 13.0. The van der Waals surface area contributed by atoms with E-state index in [1.807, 2.05) is 14.1 Å². The number of piperazine rings is 1. The van der Waals surface area contributed by atoms with Gasteiger partial charge >= 0.3 is 6.30 Å².